The highest BCUT2D eigenvalue weighted by atomic mass is 32.2. The fraction of sp³-hybridized carbons (Fsp3) is 0.417. The monoisotopic (exact) mass is 288 g/mol. The van der Waals surface area contributed by atoms with Gasteiger partial charge >= 0.3 is 0 Å². The average Bonchev–Trinajstić information content (AvgIpc) is 2.34. The molecule has 0 N–H and O–H groups in total. The molecule has 0 aromatic heterocycles. The minimum absolute atomic E-state index is 0.0299. The molecule has 0 spiro atoms. The topological polar surface area (TPSA) is 61.2 Å². The van der Waals surface area contributed by atoms with Gasteiger partial charge in [-0.1, -0.05) is 13.0 Å². The molecule has 0 aliphatic carbocycles. The number of hydrogen-bond acceptors (Lipinski definition) is 3. The molecule has 1 unspecified atom stereocenters. The summed E-state index contributed by atoms with van der Waals surface area (Å²) in [6, 6.07) is 4.76. The van der Waals surface area contributed by atoms with Gasteiger partial charge in [-0.2, -0.15) is 9.57 Å². The molecule has 1 aromatic carbocycles. The van der Waals surface area contributed by atoms with Crippen LogP contribution in [0, 0.1) is 28.9 Å². The maximum atomic E-state index is 13.6. The first kappa shape index (κ1) is 15.5. The van der Waals surface area contributed by atoms with Crippen LogP contribution in [0.15, 0.2) is 23.1 Å². The number of sulfonamides is 1. The number of benzene rings is 1. The Morgan fingerprint density at radius 1 is 1.37 bits per heavy atom. The SMILES string of the molecule is CCN(CC(C)C#N)S(=O)(=O)c1c(F)cccc1F. The fourth-order valence-electron chi connectivity index (χ4n) is 1.60. The van der Waals surface area contributed by atoms with Crippen LogP contribution in [0.5, 0.6) is 0 Å². The lowest BCUT2D eigenvalue weighted by atomic mass is 10.2. The van der Waals surface area contributed by atoms with E-state index < -0.39 is 32.5 Å². The van der Waals surface area contributed by atoms with Crippen molar-refractivity contribution in [2.75, 3.05) is 13.1 Å². The van der Waals surface area contributed by atoms with Gasteiger partial charge in [-0.25, -0.2) is 17.2 Å². The Morgan fingerprint density at radius 3 is 2.32 bits per heavy atom. The molecule has 4 nitrogen and oxygen atoms in total. The lowest BCUT2D eigenvalue weighted by Crippen LogP contribution is -2.35. The molecule has 19 heavy (non-hydrogen) atoms. The molecule has 1 rings (SSSR count). The van der Waals surface area contributed by atoms with Crippen molar-refractivity contribution in [3.63, 3.8) is 0 Å². The summed E-state index contributed by atoms with van der Waals surface area (Å²) >= 11 is 0. The third-order valence-corrected chi connectivity index (χ3v) is 4.56. The summed E-state index contributed by atoms with van der Waals surface area (Å²) in [6.07, 6.45) is 0. The smallest absolute Gasteiger partial charge is 0.207 e. The zero-order chi connectivity index (χ0) is 14.6. The molecule has 0 radical (unpaired) electrons. The Kier molecular flexibility index (Phi) is 4.97. The van der Waals surface area contributed by atoms with Crippen molar-refractivity contribution in [1.82, 2.24) is 4.31 Å². The van der Waals surface area contributed by atoms with Crippen molar-refractivity contribution in [3.05, 3.63) is 29.8 Å². The zero-order valence-electron chi connectivity index (χ0n) is 10.6. The van der Waals surface area contributed by atoms with Crippen molar-refractivity contribution in [2.24, 2.45) is 5.92 Å². The second-order valence-corrected chi connectivity index (χ2v) is 5.91. The Morgan fingerprint density at radius 2 is 1.89 bits per heavy atom. The van der Waals surface area contributed by atoms with Gasteiger partial charge in [-0.05, 0) is 19.1 Å². The van der Waals surface area contributed by atoms with E-state index in [9.17, 15) is 17.2 Å². The lowest BCUT2D eigenvalue weighted by molar-refractivity contribution is 0.392. The number of rotatable bonds is 5. The van der Waals surface area contributed by atoms with Gasteiger partial charge in [0.1, 0.15) is 11.6 Å². The van der Waals surface area contributed by atoms with Crippen molar-refractivity contribution in [1.29, 1.82) is 5.26 Å². The summed E-state index contributed by atoms with van der Waals surface area (Å²) in [5.74, 6) is -2.84. The highest BCUT2D eigenvalue weighted by Gasteiger charge is 2.30. The van der Waals surface area contributed by atoms with E-state index in [-0.39, 0.29) is 13.1 Å². The summed E-state index contributed by atoms with van der Waals surface area (Å²) in [6.45, 7) is 3.00. The minimum atomic E-state index is -4.29. The van der Waals surface area contributed by atoms with Crippen molar-refractivity contribution >= 4 is 10.0 Å². The highest BCUT2D eigenvalue weighted by molar-refractivity contribution is 7.89. The van der Waals surface area contributed by atoms with E-state index in [2.05, 4.69) is 0 Å². The van der Waals surface area contributed by atoms with E-state index in [0.29, 0.717) is 0 Å². The van der Waals surface area contributed by atoms with Crippen LogP contribution in [0.3, 0.4) is 0 Å². The van der Waals surface area contributed by atoms with E-state index >= 15 is 0 Å². The number of nitriles is 1. The lowest BCUT2D eigenvalue weighted by Gasteiger charge is -2.21. The van der Waals surface area contributed by atoms with Gasteiger partial charge in [-0.15, -0.1) is 0 Å². The first-order chi connectivity index (χ1) is 8.84. The molecular weight excluding hydrogens is 274 g/mol. The molecule has 0 saturated heterocycles. The summed E-state index contributed by atoms with van der Waals surface area (Å²) < 4.78 is 52.4. The van der Waals surface area contributed by atoms with Crippen molar-refractivity contribution in [3.8, 4) is 6.07 Å². The van der Waals surface area contributed by atoms with Crippen molar-refractivity contribution < 1.29 is 17.2 Å². The van der Waals surface area contributed by atoms with Gasteiger partial charge in [0.2, 0.25) is 10.0 Å². The van der Waals surface area contributed by atoms with Gasteiger partial charge in [-0.3, -0.25) is 0 Å². The summed E-state index contributed by atoms with van der Waals surface area (Å²) in [5, 5.41) is 8.71. The fourth-order valence-corrected chi connectivity index (χ4v) is 3.25. The van der Waals surface area contributed by atoms with Crippen LogP contribution in [-0.4, -0.2) is 25.8 Å². The standard InChI is InChI=1S/C12H14F2N2O2S/c1-3-16(8-9(2)7-15)19(17,18)12-10(13)5-4-6-11(12)14/h4-6,9H,3,8H2,1-2H3. The molecule has 0 heterocycles. The predicted octanol–water partition coefficient (Wildman–Crippen LogP) is 2.14. The Bertz CT molecular complexity index is 576. The number of nitrogens with zero attached hydrogens (tertiary/aromatic N) is 2. The summed E-state index contributed by atoms with van der Waals surface area (Å²) in [4.78, 5) is -0.970. The van der Waals surface area contributed by atoms with Crippen LogP contribution in [0.4, 0.5) is 8.78 Å². The van der Waals surface area contributed by atoms with E-state index in [1.54, 1.807) is 6.92 Å². The average molecular weight is 288 g/mol. The molecule has 0 saturated carbocycles. The maximum absolute atomic E-state index is 13.6. The van der Waals surface area contributed by atoms with Crippen LogP contribution < -0.4 is 0 Å². The summed E-state index contributed by atoms with van der Waals surface area (Å²) in [5.41, 5.74) is 0. The normalized spacial score (nSPS) is 13.3. The number of halogens is 2. The van der Waals surface area contributed by atoms with Crippen LogP contribution >= 0.6 is 0 Å². The molecule has 0 fully saturated rings. The largest absolute Gasteiger partial charge is 0.248 e. The van der Waals surface area contributed by atoms with E-state index in [0.717, 1.165) is 22.5 Å². The third kappa shape index (κ3) is 3.28. The molecule has 0 aliphatic heterocycles. The highest BCUT2D eigenvalue weighted by Crippen LogP contribution is 2.23. The number of hydrogen-bond donors (Lipinski definition) is 0. The Labute approximate surface area is 111 Å². The quantitative estimate of drug-likeness (QED) is 0.834. The van der Waals surface area contributed by atoms with Crippen LogP contribution in [0.1, 0.15) is 13.8 Å². The molecule has 0 aliphatic rings. The van der Waals surface area contributed by atoms with Gasteiger partial charge in [0, 0.05) is 13.1 Å². The Hall–Kier alpha value is -1.52. The Balaban J connectivity index is 3.26. The molecule has 104 valence electrons. The van der Waals surface area contributed by atoms with Crippen molar-refractivity contribution in [2.45, 2.75) is 18.7 Å². The predicted molar refractivity (Wildman–Crippen MR) is 65.6 cm³/mol. The van der Waals surface area contributed by atoms with Gasteiger partial charge in [0.05, 0.1) is 12.0 Å². The molecular formula is C12H14F2N2O2S. The minimum Gasteiger partial charge on any atom is -0.207 e. The van der Waals surface area contributed by atoms with Gasteiger partial charge in [0.15, 0.2) is 4.90 Å². The molecule has 0 bridgehead atoms. The maximum Gasteiger partial charge on any atom is 0.248 e. The van der Waals surface area contributed by atoms with Gasteiger partial charge in [0.25, 0.3) is 0 Å². The van der Waals surface area contributed by atoms with Crippen LogP contribution in [0.25, 0.3) is 0 Å². The first-order valence-corrected chi connectivity index (χ1v) is 7.12. The van der Waals surface area contributed by atoms with E-state index in [1.165, 1.54) is 6.92 Å². The summed E-state index contributed by atoms with van der Waals surface area (Å²) in [7, 11) is -4.29. The van der Waals surface area contributed by atoms with Crippen LogP contribution in [0.2, 0.25) is 0 Å². The second kappa shape index (κ2) is 6.08. The van der Waals surface area contributed by atoms with E-state index in [1.807, 2.05) is 6.07 Å². The molecule has 7 heteroatoms. The molecule has 1 aromatic rings. The zero-order valence-corrected chi connectivity index (χ0v) is 11.4. The van der Waals surface area contributed by atoms with Gasteiger partial charge < -0.3 is 0 Å². The molecule has 0 amide bonds. The first-order valence-electron chi connectivity index (χ1n) is 5.68. The third-order valence-electron chi connectivity index (χ3n) is 2.57. The van der Waals surface area contributed by atoms with E-state index in [4.69, 9.17) is 5.26 Å². The van der Waals surface area contributed by atoms with Crippen LogP contribution in [-0.2, 0) is 10.0 Å². The molecule has 1 atom stereocenters. The second-order valence-electron chi connectivity index (χ2n) is 4.04.